The highest BCUT2D eigenvalue weighted by Gasteiger charge is 2.30. The van der Waals surface area contributed by atoms with Crippen LogP contribution in [0.4, 0.5) is 0 Å². The number of phosphoric ester groups is 2. The number of rotatable bonds is 75. The number of ether oxygens (including phenoxy) is 4. The fourth-order valence-corrected chi connectivity index (χ4v) is 13.2. The number of unbranched alkanes of at least 4 members (excludes halogenated alkanes) is 44. The molecule has 0 aliphatic carbocycles. The van der Waals surface area contributed by atoms with Crippen molar-refractivity contribution in [2.75, 3.05) is 39.6 Å². The molecule has 0 heterocycles. The Morgan fingerprint density at radius 2 is 0.537 bits per heavy atom. The summed E-state index contributed by atoms with van der Waals surface area (Å²) in [5.74, 6) is -0.529. The van der Waals surface area contributed by atoms with Gasteiger partial charge in [-0.15, -0.1) is 0 Å². The van der Waals surface area contributed by atoms with E-state index in [2.05, 4.69) is 41.5 Å². The molecule has 17 nitrogen and oxygen atoms in total. The normalized spacial score (nSPS) is 14.3. The van der Waals surface area contributed by atoms with Gasteiger partial charge in [0.25, 0.3) is 0 Å². The van der Waals surface area contributed by atoms with Crippen LogP contribution in [0, 0.1) is 11.8 Å². The molecule has 3 unspecified atom stereocenters. The van der Waals surface area contributed by atoms with E-state index in [1.165, 1.54) is 212 Å². The van der Waals surface area contributed by atoms with E-state index in [0.717, 1.165) is 102 Å². The predicted octanol–water partition coefficient (Wildman–Crippen LogP) is 22.3. The van der Waals surface area contributed by atoms with E-state index in [-0.39, 0.29) is 25.7 Å². The van der Waals surface area contributed by atoms with Crippen molar-refractivity contribution in [1.29, 1.82) is 0 Å². The van der Waals surface area contributed by atoms with E-state index in [0.29, 0.717) is 25.7 Å². The Kier molecular flexibility index (Phi) is 66.5. The summed E-state index contributed by atoms with van der Waals surface area (Å²) in [4.78, 5) is 72.7. The first kappa shape index (κ1) is 93.1. The minimum Gasteiger partial charge on any atom is -0.462 e. The van der Waals surface area contributed by atoms with Crippen molar-refractivity contribution in [2.24, 2.45) is 11.8 Å². The highest BCUT2D eigenvalue weighted by Crippen LogP contribution is 2.45. The van der Waals surface area contributed by atoms with Gasteiger partial charge in [-0.25, -0.2) is 9.13 Å². The molecule has 0 radical (unpaired) electrons. The maximum atomic E-state index is 13.1. The summed E-state index contributed by atoms with van der Waals surface area (Å²) in [5, 5.41) is 10.6. The first-order valence-corrected chi connectivity index (χ1v) is 42.5. The van der Waals surface area contributed by atoms with Gasteiger partial charge in [0.2, 0.25) is 0 Å². The maximum Gasteiger partial charge on any atom is 0.472 e. The Morgan fingerprint density at radius 1 is 0.305 bits per heavy atom. The Balaban J connectivity index is 5.17. The fourth-order valence-electron chi connectivity index (χ4n) is 11.6. The Morgan fingerprint density at radius 3 is 0.800 bits per heavy atom. The van der Waals surface area contributed by atoms with Gasteiger partial charge in [-0.05, 0) is 37.5 Å². The largest absolute Gasteiger partial charge is 0.472 e. The summed E-state index contributed by atoms with van der Waals surface area (Å²) in [6, 6.07) is 0. The molecule has 95 heavy (non-hydrogen) atoms. The van der Waals surface area contributed by atoms with Gasteiger partial charge in [-0.2, -0.15) is 0 Å². The molecule has 0 amide bonds. The van der Waals surface area contributed by atoms with Gasteiger partial charge >= 0.3 is 39.5 Å². The van der Waals surface area contributed by atoms with Crippen LogP contribution in [0.1, 0.15) is 395 Å². The molecule has 0 aromatic heterocycles. The third-order valence-electron chi connectivity index (χ3n) is 18.1. The van der Waals surface area contributed by atoms with E-state index in [1.54, 1.807) is 0 Å². The van der Waals surface area contributed by atoms with Gasteiger partial charge in [0, 0.05) is 25.7 Å². The van der Waals surface area contributed by atoms with Crippen molar-refractivity contribution in [2.45, 2.75) is 413 Å². The number of aliphatic hydroxyl groups excluding tert-OH is 1. The maximum absolute atomic E-state index is 13.1. The van der Waals surface area contributed by atoms with Gasteiger partial charge < -0.3 is 33.8 Å². The summed E-state index contributed by atoms with van der Waals surface area (Å²) < 4.78 is 68.4. The molecule has 0 aliphatic rings. The molecule has 19 heteroatoms. The van der Waals surface area contributed by atoms with Crippen molar-refractivity contribution >= 4 is 39.5 Å². The van der Waals surface area contributed by atoms with E-state index >= 15 is 0 Å². The van der Waals surface area contributed by atoms with Crippen LogP contribution in [0.15, 0.2) is 0 Å². The smallest absolute Gasteiger partial charge is 0.462 e. The van der Waals surface area contributed by atoms with Crippen LogP contribution in [0.25, 0.3) is 0 Å². The van der Waals surface area contributed by atoms with Gasteiger partial charge in [-0.1, -0.05) is 343 Å². The third-order valence-corrected chi connectivity index (χ3v) is 20.0. The lowest BCUT2D eigenvalue weighted by Crippen LogP contribution is -2.30. The third kappa shape index (κ3) is 69.0. The minimum absolute atomic E-state index is 0.105. The molecule has 0 spiro atoms. The predicted molar refractivity (Wildman–Crippen MR) is 386 cm³/mol. The molecule has 0 saturated heterocycles. The number of phosphoric acid groups is 2. The Hall–Kier alpha value is -1.94. The van der Waals surface area contributed by atoms with Gasteiger partial charge in [-0.3, -0.25) is 37.3 Å². The van der Waals surface area contributed by atoms with Crippen LogP contribution in [0.2, 0.25) is 0 Å². The topological polar surface area (TPSA) is 237 Å². The van der Waals surface area contributed by atoms with Crippen molar-refractivity contribution in [3.63, 3.8) is 0 Å². The van der Waals surface area contributed by atoms with Crippen molar-refractivity contribution < 1.29 is 80.2 Å². The van der Waals surface area contributed by atoms with Crippen LogP contribution in [0.3, 0.4) is 0 Å². The first-order valence-electron chi connectivity index (χ1n) is 39.5. The summed E-state index contributed by atoms with van der Waals surface area (Å²) >= 11 is 0. The lowest BCUT2D eigenvalue weighted by molar-refractivity contribution is -0.161. The SMILES string of the molecule is CCCCCCCCCCCCCCCC(=O)OC[C@H](COP(=O)(O)OC[C@@H](O)COP(=O)(O)OC[C@@H](COC(=O)CCCCCCCCCCC)OC(=O)CCCCCCCCCCC(C)C)OC(=O)CCCCCCCCCCCCCCCCCCCCC(C)CC. The molecule has 564 valence electrons. The van der Waals surface area contributed by atoms with Crippen molar-refractivity contribution in [3.05, 3.63) is 0 Å². The van der Waals surface area contributed by atoms with Crippen LogP contribution in [-0.2, 0) is 65.4 Å². The molecule has 0 aromatic rings. The molecule has 0 bridgehead atoms. The van der Waals surface area contributed by atoms with E-state index in [1.807, 2.05) is 0 Å². The van der Waals surface area contributed by atoms with E-state index in [9.17, 15) is 43.2 Å². The highest BCUT2D eigenvalue weighted by molar-refractivity contribution is 7.47. The van der Waals surface area contributed by atoms with E-state index in [4.69, 9.17) is 37.0 Å². The number of hydrogen-bond donors (Lipinski definition) is 3. The minimum atomic E-state index is -4.96. The standard InChI is InChI=1S/C76H148O17P2/c1-7-10-12-14-16-18-19-26-30-34-41-47-53-59-74(79)87-65-71(92-75(80)60-54-48-42-35-31-28-25-23-21-20-22-24-27-29-33-39-45-51-57-69(6)9-3)66-90-94(82,83)88-62-70(77)63-89-95(84,85)91-67-72(64-86-73(78)58-52-46-40-32-17-15-13-11-8-2)93-76(81)61-55-49-43-37-36-38-44-50-56-68(4)5/h68-72,77H,7-67H2,1-6H3,(H,82,83)(H,84,85)/t69?,70-,71-,72-/m1/s1. The molecular weight excluding hydrogens is 1250 g/mol. The molecule has 0 aliphatic heterocycles. The summed E-state index contributed by atoms with van der Waals surface area (Å²) in [5.41, 5.74) is 0. The molecule has 0 aromatic carbocycles. The molecule has 0 saturated carbocycles. The van der Waals surface area contributed by atoms with Crippen molar-refractivity contribution in [1.82, 2.24) is 0 Å². The molecule has 0 fully saturated rings. The second kappa shape index (κ2) is 67.9. The lowest BCUT2D eigenvalue weighted by Gasteiger charge is -2.21. The van der Waals surface area contributed by atoms with Crippen LogP contribution >= 0.6 is 15.6 Å². The number of carbonyl (C=O) groups excluding carboxylic acids is 4. The Bertz CT molecular complexity index is 1840. The van der Waals surface area contributed by atoms with Gasteiger partial charge in [0.1, 0.15) is 19.3 Å². The van der Waals surface area contributed by atoms with Crippen LogP contribution < -0.4 is 0 Å². The lowest BCUT2D eigenvalue weighted by atomic mass is 9.99. The number of esters is 4. The average molecular weight is 1400 g/mol. The number of aliphatic hydroxyl groups is 1. The fraction of sp³-hybridized carbons (Fsp3) is 0.947. The quantitative estimate of drug-likeness (QED) is 0.0222. The monoisotopic (exact) mass is 1400 g/mol. The zero-order valence-electron chi connectivity index (χ0n) is 62.0. The molecule has 0 rings (SSSR count). The number of hydrogen-bond acceptors (Lipinski definition) is 15. The zero-order chi connectivity index (χ0) is 70.0. The summed E-state index contributed by atoms with van der Waals surface area (Å²) in [6.45, 7) is 9.60. The molecular formula is C76H148O17P2. The second-order valence-corrected chi connectivity index (χ2v) is 31.0. The van der Waals surface area contributed by atoms with E-state index < -0.39 is 97.5 Å². The number of carbonyl (C=O) groups is 4. The van der Waals surface area contributed by atoms with Gasteiger partial charge in [0.05, 0.1) is 26.4 Å². The molecule has 3 N–H and O–H groups in total. The average Bonchev–Trinajstić information content (AvgIpc) is 1.34. The zero-order valence-corrected chi connectivity index (χ0v) is 63.8. The second-order valence-electron chi connectivity index (χ2n) is 28.1. The van der Waals surface area contributed by atoms with Crippen molar-refractivity contribution in [3.8, 4) is 0 Å². The van der Waals surface area contributed by atoms with Gasteiger partial charge in [0.15, 0.2) is 12.2 Å². The summed E-state index contributed by atoms with van der Waals surface area (Å²) in [6.07, 6.45) is 55.6. The summed E-state index contributed by atoms with van der Waals surface area (Å²) in [7, 11) is -9.91. The molecule has 6 atom stereocenters. The first-order chi connectivity index (χ1) is 45.9. The Labute approximate surface area is 581 Å². The van der Waals surface area contributed by atoms with Crippen LogP contribution in [0.5, 0.6) is 0 Å². The van der Waals surface area contributed by atoms with Crippen LogP contribution in [-0.4, -0.2) is 96.7 Å². The highest BCUT2D eigenvalue weighted by atomic mass is 31.2.